The van der Waals surface area contributed by atoms with Gasteiger partial charge >= 0.3 is 0 Å². The third-order valence-electron chi connectivity index (χ3n) is 2.40. The summed E-state index contributed by atoms with van der Waals surface area (Å²) in [4.78, 5) is 0. The van der Waals surface area contributed by atoms with Gasteiger partial charge in [-0.2, -0.15) is 0 Å². The predicted molar refractivity (Wildman–Crippen MR) is 59.5 cm³/mol. The van der Waals surface area contributed by atoms with Crippen LogP contribution in [0.3, 0.4) is 0 Å². The van der Waals surface area contributed by atoms with E-state index in [4.69, 9.17) is 17.2 Å². The van der Waals surface area contributed by atoms with E-state index >= 15 is 0 Å². The Morgan fingerprint density at radius 2 is 1.31 bits per heavy atom. The summed E-state index contributed by atoms with van der Waals surface area (Å²) >= 11 is 0. The van der Waals surface area contributed by atoms with E-state index in [1.165, 1.54) is 0 Å². The van der Waals surface area contributed by atoms with Gasteiger partial charge in [-0.15, -0.1) is 0 Å². The molecule has 0 heterocycles. The second-order valence-corrected chi connectivity index (χ2v) is 4.17. The largest absolute Gasteiger partial charge is 0.329 e. The van der Waals surface area contributed by atoms with Crippen molar-refractivity contribution in [1.82, 2.24) is 5.32 Å². The lowest BCUT2D eigenvalue weighted by Gasteiger charge is -2.38. The maximum absolute atomic E-state index is 5.86. The molecule has 4 heteroatoms. The van der Waals surface area contributed by atoms with E-state index in [2.05, 4.69) is 19.2 Å². The fourth-order valence-corrected chi connectivity index (χ4v) is 0.322. The van der Waals surface area contributed by atoms with E-state index in [0.29, 0.717) is 13.1 Å². The lowest BCUT2D eigenvalue weighted by Crippen LogP contribution is -2.59. The van der Waals surface area contributed by atoms with E-state index in [9.17, 15) is 0 Å². The molecule has 0 rings (SSSR count). The average Bonchev–Trinajstić information content (AvgIpc) is 2.03. The van der Waals surface area contributed by atoms with E-state index in [0.717, 1.165) is 0 Å². The van der Waals surface area contributed by atoms with Crippen molar-refractivity contribution in [3.8, 4) is 0 Å². The lowest BCUT2D eigenvalue weighted by molar-refractivity contribution is 0.259. The summed E-state index contributed by atoms with van der Waals surface area (Å²) in [6.45, 7) is 9.41. The van der Waals surface area contributed by atoms with Gasteiger partial charge in [0.15, 0.2) is 0 Å². The summed E-state index contributed by atoms with van der Waals surface area (Å²) in [5.41, 5.74) is 15.5. The summed E-state index contributed by atoms with van der Waals surface area (Å²) in [5, 5.41) is 3.16. The zero-order chi connectivity index (χ0) is 11.1. The molecule has 0 saturated carbocycles. The number of hydrogen-bond donors (Lipinski definition) is 4. The van der Waals surface area contributed by atoms with Crippen LogP contribution in [0.15, 0.2) is 0 Å². The molecule has 0 aromatic heterocycles. The summed E-state index contributed by atoms with van der Waals surface area (Å²) in [6.07, 6.45) is 0. The maximum atomic E-state index is 5.86. The smallest absolute Gasteiger partial charge is 0.0296 e. The van der Waals surface area contributed by atoms with E-state index in [1.807, 2.05) is 20.9 Å². The number of rotatable bonds is 3. The number of nitrogens with two attached hydrogens (primary N) is 3. The van der Waals surface area contributed by atoms with Crippen molar-refractivity contribution in [2.45, 2.75) is 38.8 Å². The van der Waals surface area contributed by atoms with Crippen LogP contribution in [0.1, 0.15) is 27.7 Å². The van der Waals surface area contributed by atoms with Crippen molar-refractivity contribution in [3.05, 3.63) is 0 Å². The van der Waals surface area contributed by atoms with Crippen LogP contribution in [-0.2, 0) is 0 Å². The molecule has 0 spiro atoms. The van der Waals surface area contributed by atoms with Crippen molar-refractivity contribution in [2.24, 2.45) is 17.2 Å². The molecule has 0 aromatic carbocycles. The van der Waals surface area contributed by atoms with Gasteiger partial charge in [0, 0.05) is 24.2 Å². The van der Waals surface area contributed by atoms with Gasteiger partial charge in [-0.25, -0.2) is 0 Å². The van der Waals surface area contributed by atoms with Gasteiger partial charge in [0.05, 0.1) is 0 Å². The molecule has 0 aromatic rings. The number of nitrogens with one attached hydrogen (secondary N) is 1. The Bertz CT molecular complexity index is 113. The van der Waals surface area contributed by atoms with Gasteiger partial charge in [-0.3, -0.25) is 0 Å². The van der Waals surface area contributed by atoms with Crippen LogP contribution < -0.4 is 22.5 Å². The van der Waals surface area contributed by atoms with Gasteiger partial charge in [-0.1, -0.05) is 0 Å². The average molecular weight is 190 g/mol. The van der Waals surface area contributed by atoms with Gasteiger partial charge in [-0.05, 0) is 34.7 Å². The highest BCUT2D eigenvalue weighted by Gasteiger charge is 2.31. The second kappa shape index (κ2) is 6.32. The molecule has 0 aliphatic heterocycles. The van der Waals surface area contributed by atoms with Gasteiger partial charge in [0.2, 0.25) is 0 Å². The minimum atomic E-state index is -0.165. The Morgan fingerprint density at radius 1 is 1.00 bits per heavy atom. The molecule has 0 atom stereocenters. The van der Waals surface area contributed by atoms with Crippen molar-refractivity contribution in [3.63, 3.8) is 0 Å². The normalized spacial score (nSPS) is 12.0. The molecule has 0 radical (unpaired) electrons. The third kappa shape index (κ3) is 6.95. The van der Waals surface area contributed by atoms with Crippen LogP contribution in [0.25, 0.3) is 0 Å². The topological polar surface area (TPSA) is 90.1 Å². The Balaban J connectivity index is 0. The van der Waals surface area contributed by atoms with Crippen LogP contribution in [0, 0.1) is 0 Å². The zero-order valence-electron chi connectivity index (χ0n) is 9.65. The van der Waals surface area contributed by atoms with Gasteiger partial charge in [0.25, 0.3) is 0 Å². The summed E-state index contributed by atoms with van der Waals surface area (Å²) in [7, 11) is 1.93. The molecular weight excluding hydrogens is 164 g/mol. The first-order chi connectivity index (χ1) is 5.72. The molecule has 0 bridgehead atoms. The summed E-state index contributed by atoms with van der Waals surface area (Å²) in [6, 6.07) is 0. The molecule has 0 amide bonds. The standard InChI is InChI=1S/C7H18N2.C2H8N2/c1-6(2,8)7(3,4)9-5;3-1-2-4/h9H,8H2,1-5H3;1-4H2. The predicted octanol–water partition coefficient (Wildman–Crippen LogP) is -0.374. The fraction of sp³-hybridized carbons (Fsp3) is 1.00. The van der Waals surface area contributed by atoms with Crippen LogP contribution in [0.4, 0.5) is 0 Å². The molecule has 0 aliphatic rings. The van der Waals surface area contributed by atoms with Crippen LogP contribution >= 0.6 is 0 Å². The Hall–Kier alpha value is -0.160. The van der Waals surface area contributed by atoms with E-state index < -0.39 is 0 Å². The number of likely N-dealkylation sites (N-methyl/N-ethyl adjacent to an activating group) is 1. The van der Waals surface area contributed by atoms with E-state index in [1.54, 1.807) is 0 Å². The van der Waals surface area contributed by atoms with Crippen molar-refractivity contribution >= 4 is 0 Å². The van der Waals surface area contributed by atoms with Crippen LogP contribution in [-0.4, -0.2) is 31.2 Å². The molecule has 0 unspecified atom stereocenters. The lowest BCUT2D eigenvalue weighted by atomic mass is 9.84. The Labute approximate surface area is 82.2 Å². The maximum Gasteiger partial charge on any atom is 0.0296 e. The van der Waals surface area contributed by atoms with E-state index in [-0.39, 0.29) is 11.1 Å². The molecule has 0 fully saturated rings. The van der Waals surface area contributed by atoms with Crippen molar-refractivity contribution in [2.75, 3.05) is 20.1 Å². The molecule has 7 N–H and O–H groups in total. The molecule has 0 aliphatic carbocycles. The molecular formula is C9H26N4. The monoisotopic (exact) mass is 190 g/mol. The molecule has 4 nitrogen and oxygen atoms in total. The summed E-state index contributed by atoms with van der Waals surface area (Å²) < 4.78 is 0. The van der Waals surface area contributed by atoms with Crippen molar-refractivity contribution < 1.29 is 0 Å². The van der Waals surface area contributed by atoms with Gasteiger partial charge < -0.3 is 22.5 Å². The first-order valence-electron chi connectivity index (χ1n) is 4.61. The fourth-order valence-electron chi connectivity index (χ4n) is 0.322. The molecule has 13 heavy (non-hydrogen) atoms. The quantitative estimate of drug-likeness (QED) is 0.488. The third-order valence-corrected chi connectivity index (χ3v) is 2.40. The van der Waals surface area contributed by atoms with Crippen LogP contribution in [0.2, 0.25) is 0 Å². The Kier molecular flexibility index (Phi) is 7.44. The minimum Gasteiger partial charge on any atom is -0.329 e. The van der Waals surface area contributed by atoms with Gasteiger partial charge in [0.1, 0.15) is 0 Å². The second-order valence-electron chi connectivity index (χ2n) is 4.17. The number of hydrogen-bond acceptors (Lipinski definition) is 4. The summed E-state index contributed by atoms with van der Waals surface area (Å²) in [5.74, 6) is 0. The first kappa shape index (κ1) is 15.3. The SMILES string of the molecule is CNC(C)(C)C(C)(C)N.NCCN. The minimum absolute atomic E-state index is 0.00694. The highest BCUT2D eigenvalue weighted by molar-refractivity contribution is 4.95. The van der Waals surface area contributed by atoms with Crippen molar-refractivity contribution in [1.29, 1.82) is 0 Å². The molecule has 0 saturated heterocycles. The Morgan fingerprint density at radius 3 is 1.31 bits per heavy atom. The molecule has 82 valence electrons. The van der Waals surface area contributed by atoms with Crippen LogP contribution in [0.5, 0.6) is 0 Å². The highest BCUT2D eigenvalue weighted by atomic mass is 15.0. The highest BCUT2D eigenvalue weighted by Crippen LogP contribution is 2.16. The zero-order valence-corrected chi connectivity index (χ0v) is 9.65. The first-order valence-corrected chi connectivity index (χ1v) is 4.61.